The summed E-state index contributed by atoms with van der Waals surface area (Å²) in [4.78, 5) is 28.3. The van der Waals surface area contributed by atoms with Crippen LogP contribution in [0.2, 0.25) is 0 Å². The van der Waals surface area contributed by atoms with Crippen LogP contribution in [-0.2, 0) is 26.2 Å². The first-order valence-corrected chi connectivity index (χ1v) is 14.9. The summed E-state index contributed by atoms with van der Waals surface area (Å²) in [6.07, 6.45) is 0. The van der Waals surface area contributed by atoms with Gasteiger partial charge in [-0.3, -0.25) is 13.9 Å². The molecule has 0 aliphatic rings. The van der Waals surface area contributed by atoms with Crippen molar-refractivity contribution in [2.75, 3.05) is 24.6 Å². The zero-order valence-corrected chi connectivity index (χ0v) is 25.6. The Labute approximate surface area is 247 Å². The highest BCUT2D eigenvalue weighted by Crippen LogP contribution is 2.27. The molecule has 1 N–H and O–H groups in total. The van der Waals surface area contributed by atoms with E-state index in [1.54, 1.807) is 50.4 Å². The molecule has 2 amide bonds. The van der Waals surface area contributed by atoms with Crippen molar-refractivity contribution < 1.29 is 31.9 Å². The standard InChI is InChI=1S/C31H38FN3O6S/c1-7-41-27-16-12-25(13-17-27)35(42(38,39)28-18-10-24(32)11-19-28)21-29(36)34(22(2)30(37)33-31(3,4)5)20-23-8-14-26(40-6)15-9-23/h8-19,22H,7,20-21H2,1-6H3,(H,33,37)/t22-/m0/s1. The number of methoxy groups -OCH3 is 1. The van der Waals surface area contributed by atoms with Gasteiger partial charge in [0.05, 0.1) is 24.3 Å². The Kier molecular flexibility index (Phi) is 10.6. The van der Waals surface area contributed by atoms with E-state index < -0.39 is 45.8 Å². The second-order valence-electron chi connectivity index (χ2n) is 10.7. The van der Waals surface area contributed by atoms with E-state index in [1.807, 2.05) is 27.7 Å². The van der Waals surface area contributed by atoms with Gasteiger partial charge in [0, 0.05) is 12.1 Å². The van der Waals surface area contributed by atoms with Gasteiger partial charge in [0.25, 0.3) is 10.0 Å². The Morgan fingerprint density at radius 2 is 1.50 bits per heavy atom. The number of halogens is 1. The molecule has 0 saturated carbocycles. The summed E-state index contributed by atoms with van der Waals surface area (Å²) in [5.41, 5.74) is 0.362. The number of benzene rings is 3. The van der Waals surface area contributed by atoms with E-state index in [0.717, 1.165) is 28.6 Å². The highest BCUT2D eigenvalue weighted by Gasteiger charge is 2.33. The van der Waals surface area contributed by atoms with Crippen LogP contribution in [0.15, 0.2) is 77.7 Å². The van der Waals surface area contributed by atoms with Gasteiger partial charge in [-0.05, 0) is 101 Å². The lowest BCUT2D eigenvalue weighted by atomic mass is 10.1. The lowest BCUT2D eigenvalue weighted by Gasteiger charge is -2.33. The van der Waals surface area contributed by atoms with Gasteiger partial charge in [0.15, 0.2) is 0 Å². The normalized spacial score (nSPS) is 12.3. The van der Waals surface area contributed by atoms with Crippen LogP contribution in [-0.4, -0.2) is 57.0 Å². The Morgan fingerprint density at radius 1 is 0.929 bits per heavy atom. The second-order valence-corrected chi connectivity index (χ2v) is 12.5. The molecule has 0 bridgehead atoms. The van der Waals surface area contributed by atoms with Crippen LogP contribution < -0.4 is 19.1 Å². The Morgan fingerprint density at radius 3 is 2.02 bits per heavy atom. The van der Waals surface area contributed by atoms with Crippen LogP contribution in [0.25, 0.3) is 0 Å². The fraction of sp³-hybridized carbons (Fsp3) is 0.355. The average Bonchev–Trinajstić information content (AvgIpc) is 2.94. The molecule has 0 fully saturated rings. The van der Waals surface area contributed by atoms with Crippen LogP contribution in [0.5, 0.6) is 11.5 Å². The minimum Gasteiger partial charge on any atom is -0.497 e. The molecule has 0 radical (unpaired) electrons. The number of nitrogens with one attached hydrogen (secondary N) is 1. The number of sulfonamides is 1. The molecule has 11 heteroatoms. The quantitative estimate of drug-likeness (QED) is 0.322. The number of hydrogen-bond donors (Lipinski definition) is 1. The molecular formula is C31H38FN3O6S. The molecule has 0 saturated heterocycles. The van der Waals surface area contributed by atoms with Crippen molar-refractivity contribution in [2.45, 2.75) is 57.6 Å². The number of rotatable bonds is 12. The number of hydrogen-bond acceptors (Lipinski definition) is 6. The van der Waals surface area contributed by atoms with Crippen molar-refractivity contribution in [1.29, 1.82) is 0 Å². The first-order valence-electron chi connectivity index (χ1n) is 13.5. The van der Waals surface area contributed by atoms with Gasteiger partial charge in [-0.2, -0.15) is 0 Å². The summed E-state index contributed by atoms with van der Waals surface area (Å²) >= 11 is 0. The van der Waals surface area contributed by atoms with Crippen LogP contribution in [0.1, 0.15) is 40.2 Å². The topological polar surface area (TPSA) is 105 Å². The summed E-state index contributed by atoms with van der Waals surface area (Å²) in [7, 11) is -2.78. The van der Waals surface area contributed by atoms with Gasteiger partial charge < -0.3 is 19.7 Å². The maximum Gasteiger partial charge on any atom is 0.264 e. The van der Waals surface area contributed by atoms with E-state index in [-0.39, 0.29) is 17.1 Å². The van der Waals surface area contributed by atoms with Crippen LogP contribution in [0.4, 0.5) is 10.1 Å². The zero-order chi connectivity index (χ0) is 31.1. The fourth-order valence-electron chi connectivity index (χ4n) is 4.12. The lowest BCUT2D eigenvalue weighted by molar-refractivity contribution is -0.140. The number of carbonyl (C=O) groups excluding carboxylic acids is 2. The fourth-order valence-corrected chi connectivity index (χ4v) is 5.54. The second kappa shape index (κ2) is 13.7. The van der Waals surface area contributed by atoms with Crippen LogP contribution in [0, 0.1) is 5.82 Å². The largest absolute Gasteiger partial charge is 0.497 e. The van der Waals surface area contributed by atoms with Crippen molar-refractivity contribution in [2.24, 2.45) is 0 Å². The molecule has 3 rings (SSSR count). The minimum absolute atomic E-state index is 0.0370. The summed E-state index contributed by atoms with van der Waals surface area (Å²) in [5, 5.41) is 2.89. The molecule has 226 valence electrons. The summed E-state index contributed by atoms with van der Waals surface area (Å²) in [6.45, 7) is 8.75. The monoisotopic (exact) mass is 599 g/mol. The molecule has 0 heterocycles. The third kappa shape index (κ3) is 8.45. The summed E-state index contributed by atoms with van der Waals surface area (Å²) in [5.74, 6) is -0.440. The van der Waals surface area contributed by atoms with Crippen molar-refractivity contribution in [3.63, 3.8) is 0 Å². The highest BCUT2D eigenvalue weighted by atomic mass is 32.2. The maximum absolute atomic E-state index is 14.0. The Balaban J connectivity index is 2.03. The van der Waals surface area contributed by atoms with Crippen molar-refractivity contribution in [3.8, 4) is 11.5 Å². The molecular weight excluding hydrogens is 561 g/mol. The Bertz CT molecular complexity index is 1450. The third-order valence-electron chi connectivity index (χ3n) is 6.29. The number of anilines is 1. The van der Waals surface area contributed by atoms with E-state index in [4.69, 9.17) is 9.47 Å². The van der Waals surface area contributed by atoms with E-state index in [2.05, 4.69) is 5.32 Å². The molecule has 9 nitrogen and oxygen atoms in total. The molecule has 0 unspecified atom stereocenters. The number of nitrogens with zero attached hydrogens (tertiary/aromatic N) is 2. The zero-order valence-electron chi connectivity index (χ0n) is 24.8. The molecule has 0 aromatic heterocycles. The predicted molar refractivity (Wildman–Crippen MR) is 159 cm³/mol. The molecule has 0 spiro atoms. The number of ether oxygens (including phenoxy) is 2. The number of amides is 2. The van der Waals surface area contributed by atoms with E-state index in [9.17, 15) is 22.4 Å². The van der Waals surface area contributed by atoms with Gasteiger partial charge in [0.2, 0.25) is 11.8 Å². The lowest BCUT2D eigenvalue weighted by Crippen LogP contribution is -2.54. The van der Waals surface area contributed by atoms with E-state index >= 15 is 0 Å². The van der Waals surface area contributed by atoms with Crippen molar-refractivity contribution >= 4 is 27.5 Å². The van der Waals surface area contributed by atoms with Crippen LogP contribution >= 0.6 is 0 Å². The predicted octanol–water partition coefficient (Wildman–Crippen LogP) is 4.76. The van der Waals surface area contributed by atoms with E-state index in [1.165, 1.54) is 17.0 Å². The van der Waals surface area contributed by atoms with Gasteiger partial charge in [-0.1, -0.05) is 12.1 Å². The summed E-state index contributed by atoms with van der Waals surface area (Å²) in [6, 6.07) is 16.7. The molecule has 3 aromatic carbocycles. The molecule has 0 aliphatic carbocycles. The minimum atomic E-state index is -4.32. The maximum atomic E-state index is 14.0. The van der Waals surface area contributed by atoms with Crippen LogP contribution in [0.3, 0.4) is 0 Å². The first-order chi connectivity index (χ1) is 19.7. The highest BCUT2D eigenvalue weighted by molar-refractivity contribution is 7.92. The SMILES string of the molecule is CCOc1ccc(N(CC(=O)N(Cc2ccc(OC)cc2)[C@@H](C)C(=O)NC(C)(C)C)S(=O)(=O)c2ccc(F)cc2)cc1. The first kappa shape index (κ1) is 32.4. The van der Waals surface area contributed by atoms with Gasteiger partial charge >= 0.3 is 0 Å². The van der Waals surface area contributed by atoms with E-state index in [0.29, 0.717) is 23.7 Å². The van der Waals surface area contributed by atoms with Gasteiger partial charge in [0.1, 0.15) is 29.9 Å². The molecule has 42 heavy (non-hydrogen) atoms. The third-order valence-corrected chi connectivity index (χ3v) is 8.08. The Hall–Kier alpha value is -4.12. The smallest absolute Gasteiger partial charge is 0.264 e. The molecule has 3 aromatic rings. The molecule has 1 atom stereocenters. The number of carbonyl (C=O) groups is 2. The van der Waals surface area contributed by atoms with Crippen molar-refractivity contribution in [1.82, 2.24) is 10.2 Å². The van der Waals surface area contributed by atoms with Gasteiger partial charge in [-0.25, -0.2) is 12.8 Å². The van der Waals surface area contributed by atoms with Crippen molar-refractivity contribution in [3.05, 3.63) is 84.2 Å². The molecule has 0 aliphatic heterocycles. The average molecular weight is 600 g/mol. The van der Waals surface area contributed by atoms with Gasteiger partial charge in [-0.15, -0.1) is 0 Å². The summed E-state index contributed by atoms with van der Waals surface area (Å²) < 4.78 is 53.0.